The molecule has 19 heavy (non-hydrogen) atoms. The number of nitrogens with zero attached hydrogens (tertiary/aromatic N) is 1. The molecule has 0 amide bonds. The maximum absolute atomic E-state index is 12.6. The first-order valence-electron chi connectivity index (χ1n) is 6.56. The smallest absolute Gasteiger partial charge is 0.243 e. The van der Waals surface area contributed by atoms with Crippen molar-refractivity contribution >= 4 is 10.0 Å². The van der Waals surface area contributed by atoms with Crippen molar-refractivity contribution in [3.05, 3.63) is 29.3 Å². The van der Waals surface area contributed by atoms with Crippen LogP contribution in [-0.2, 0) is 16.6 Å². The zero-order valence-corrected chi connectivity index (χ0v) is 12.6. The summed E-state index contributed by atoms with van der Waals surface area (Å²) in [6.07, 6.45) is 0.909. The molecular weight excluding hydrogens is 260 g/mol. The molecule has 0 aromatic heterocycles. The van der Waals surface area contributed by atoms with E-state index < -0.39 is 10.0 Å². The van der Waals surface area contributed by atoms with Gasteiger partial charge >= 0.3 is 0 Å². The summed E-state index contributed by atoms with van der Waals surface area (Å²) in [4.78, 5) is 0.375. The molecule has 2 rings (SSSR count). The minimum absolute atomic E-state index is 0.0688. The maximum atomic E-state index is 12.6. The molecule has 0 radical (unpaired) electrons. The van der Waals surface area contributed by atoms with Crippen molar-refractivity contribution in [2.24, 2.45) is 11.1 Å². The van der Waals surface area contributed by atoms with Gasteiger partial charge in [-0.3, -0.25) is 0 Å². The Bertz CT molecular complexity index is 579. The van der Waals surface area contributed by atoms with Gasteiger partial charge in [0.15, 0.2) is 0 Å². The third kappa shape index (κ3) is 2.83. The quantitative estimate of drug-likeness (QED) is 0.920. The number of hydrogen-bond donors (Lipinski definition) is 1. The topological polar surface area (TPSA) is 63.4 Å². The molecule has 0 unspecified atom stereocenters. The molecular formula is C14H22N2O2S. The van der Waals surface area contributed by atoms with Crippen molar-refractivity contribution in [2.45, 2.75) is 38.6 Å². The molecule has 1 aliphatic heterocycles. The van der Waals surface area contributed by atoms with Gasteiger partial charge in [0.1, 0.15) is 0 Å². The molecule has 106 valence electrons. The van der Waals surface area contributed by atoms with Crippen LogP contribution in [0.25, 0.3) is 0 Å². The molecule has 0 spiro atoms. The lowest BCUT2D eigenvalue weighted by atomic mass is 9.93. The first kappa shape index (κ1) is 14.5. The van der Waals surface area contributed by atoms with Crippen molar-refractivity contribution < 1.29 is 8.42 Å². The van der Waals surface area contributed by atoms with E-state index in [9.17, 15) is 8.42 Å². The summed E-state index contributed by atoms with van der Waals surface area (Å²) in [5.74, 6) is 0. The lowest BCUT2D eigenvalue weighted by Crippen LogP contribution is -2.30. The van der Waals surface area contributed by atoms with Gasteiger partial charge in [0.2, 0.25) is 10.0 Å². The van der Waals surface area contributed by atoms with E-state index in [1.165, 1.54) is 0 Å². The van der Waals surface area contributed by atoms with Crippen molar-refractivity contribution in [3.63, 3.8) is 0 Å². The fourth-order valence-corrected chi connectivity index (χ4v) is 4.19. The highest BCUT2D eigenvalue weighted by Crippen LogP contribution is 2.33. The molecule has 1 aromatic carbocycles. The molecule has 5 heteroatoms. The Labute approximate surface area is 115 Å². The van der Waals surface area contributed by atoms with Crippen LogP contribution in [0.1, 0.15) is 31.4 Å². The minimum Gasteiger partial charge on any atom is -0.326 e. The van der Waals surface area contributed by atoms with Crippen LogP contribution in [0.4, 0.5) is 0 Å². The number of benzene rings is 1. The lowest BCUT2D eigenvalue weighted by Gasteiger charge is -2.20. The number of sulfonamides is 1. The second-order valence-corrected chi connectivity index (χ2v) is 7.98. The average Bonchev–Trinajstić information content (AvgIpc) is 2.70. The molecule has 0 saturated carbocycles. The number of rotatable bonds is 3. The van der Waals surface area contributed by atoms with Gasteiger partial charge in [-0.15, -0.1) is 0 Å². The van der Waals surface area contributed by atoms with Gasteiger partial charge in [-0.05, 0) is 42.0 Å². The van der Waals surface area contributed by atoms with Crippen LogP contribution in [0.3, 0.4) is 0 Å². The molecule has 4 nitrogen and oxygen atoms in total. The second kappa shape index (κ2) is 4.89. The molecule has 1 saturated heterocycles. The molecule has 1 aliphatic rings. The highest BCUT2D eigenvalue weighted by molar-refractivity contribution is 7.89. The molecule has 0 bridgehead atoms. The fourth-order valence-electron chi connectivity index (χ4n) is 2.47. The highest BCUT2D eigenvalue weighted by Gasteiger charge is 2.36. The molecule has 1 fully saturated rings. The van der Waals surface area contributed by atoms with E-state index in [0.717, 1.165) is 17.5 Å². The average molecular weight is 282 g/mol. The number of hydrogen-bond acceptors (Lipinski definition) is 3. The van der Waals surface area contributed by atoms with E-state index in [0.29, 0.717) is 24.5 Å². The van der Waals surface area contributed by atoms with Gasteiger partial charge in [-0.2, -0.15) is 4.31 Å². The lowest BCUT2D eigenvalue weighted by molar-refractivity contribution is 0.375. The van der Waals surface area contributed by atoms with E-state index in [4.69, 9.17) is 5.73 Å². The maximum Gasteiger partial charge on any atom is 0.243 e. The number of aryl methyl sites for hydroxylation is 1. The Balaban J connectivity index is 2.33. The van der Waals surface area contributed by atoms with Crippen LogP contribution in [0.15, 0.2) is 23.1 Å². The summed E-state index contributed by atoms with van der Waals surface area (Å²) in [5, 5.41) is 0. The van der Waals surface area contributed by atoms with Gasteiger partial charge in [-0.25, -0.2) is 8.42 Å². The fraction of sp³-hybridized carbons (Fsp3) is 0.571. The third-order valence-corrected chi connectivity index (χ3v) is 5.66. The molecule has 0 aliphatic carbocycles. The molecule has 1 aromatic rings. The van der Waals surface area contributed by atoms with Gasteiger partial charge in [-0.1, -0.05) is 19.9 Å². The standard InChI is InChI=1S/C14H22N2O2S/c1-11-8-13(5-4-12(11)9-15)19(17,18)16-7-6-14(2,3)10-16/h4-5,8H,6-7,9-10,15H2,1-3H3. The molecule has 2 N–H and O–H groups in total. The van der Waals surface area contributed by atoms with Crippen LogP contribution in [0.5, 0.6) is 0 Å². The summed E-state index contributed by atoms with van der Waals surface area (Å²) in [7, 11) is -3.36. The van der Waals surface area contributed by atoms with Crippen LogP contribution in [0.2, 0.25) is 0 Å². The van der Waals surface area contributed by atoms with Gasteiger partial charge < -0.3 is 5.73 Å². The van der Waals surface area contributed by atoms with E-state index in [-0.39, 0.29) is 5.41 Å². The van der Waals surface area contributed by atoms with Crippen molar-refractivity contribution in [1.82, 2.24) is 4.31 Å². The van der Waals surface area contributed by atoms with Crippen LogP contribution in [0, 0.1) is 12.3 Å². The monoisotopic (exact) mass is 282 g/mol. The van der Waals surface area contributed by atoms with Crippen LogP contribution >= 0.6 is 0 Å². The zero-order chi connectivity index (χ0) is 14.3. The van der Waals surface area contributed by atoms with E-state index >= 15 is 0 Å². The first-order chi connectivity index (χ1) is 8.76. The van der Waals surface area contributed by atoms with E-state index in [1.54, 1.807) is 16.4 Å². The predicted molar refractivity (Wildman–Crippen MR) is 76.2 cm³/mol. The zero-order valence-electron chi connectivity index (χ0n) is 11.8. The molecule has 0 atom stereocenters. The Hall–Kier alpha value is -0.910. The third-order valence-electron chi connectivity index (χ3n) is 3.81. The largest absolute Gasteiger partial charge is 0.326 e. The second-order valence-electron chi connectivity index (χ2n) is 6.05. The summed E-state index contributed by atoms with van der Waals surface area (Å²) < 4.78 is 26.7. The van der Waals surface area contributed by atoms with E-state index in [1.807, 2.05) is 13.0 Å². The molecule has 1 heterocycles. The van der Waals surface area contributed by atoms with Gasteiger partial charge in [0.05, 0.1) is 4.90 Å². The summed E-state index contributed by atoms with van der Waals surface area (Å²) in [5.41, 5.74) is 7.60. The van der Waals surface area contributed by atoms with Gasteiger partial charge in [0, 0.05) is 19.6 Å². The summed E-state index contributed by atoms with van der Waals surface area (Å²) in [6.45, 7) is 7.73. The Morgan fingerprint density at radius 3 is 2.53 bits per heavy atom. The van der Waals surface area contributed by atoms with Crippen LogP contribution in [-0.4, -0.2) is 25.8 Å². The highest BCUT2D eigenvalue weighted by atomic mass is 32.2. The summed E-state index contributed by atoms with van der Waals surface area (Å²) >= 11 is 0. The Morgan fingerprint density at radius 2 is 2.05 bits per heavy atom. The predicted octanol–water partition coefficient (Wildman–Crippen LogP) is 1.87. The van der Waals surface area contributed by atoms with Crippen molar-refractivity contribution in [1.29, 1.82) is 0 Å². The van der Waals surface area contributed by atoms with Crippen molar-refractivity contribution in [3.8, 4) is 0 Å². The van der Waals surface area contributed by atoms with Gasteiger partial charge in [0.25, 0.3) is 0 Å². The van der Waals surface area contributed by atoms with E-state index in [2.05, 4.69) is 13.8 Å². The first-order valence-corrected chi connectivity index (χ1v) is 8.00. The normalized spacial score (nSPS) is 19.8. The number of nitrogens with two attached hydrogens (primary N) is 1. The Kier molecular flexibility index (Phi) is 3.73. The SMILES string of the molecule is Cc1cc(S(=O)(=O)N2CCC(C)(C)C2)ccc1CN. The minimum atomic E-state index is -3.36. The Morgan fingerprint density at radius 1 is 1.37 bits per heavy atom. The summed E-state index contributed by atoms with van der Waals surface area (Å²) in [6, 6.07) is 5.20. The van der Waals surface area contributed by atoms with Crippen molar-refractivity contribution in [2.75, 3.05) is 13.1 Å². The van der Waals surface area contributed by atoms with Crippen LogP contribution < -0.4 is 5.73 Å².